The Balaban J connectivity index is 1.07. The van der Waals surface area contributed by atoms with Crippen molar-refractivity contribution in [2.24, 2.45) is 5.92 Å². The number of benzene rings is 1. The molecule has 0 spiro atoms. The van der Waals surface area contributed by atoms with E-state index in [2.05, 4.69) is 38.1 Å². The minimum absolute atomic E-state index is 0.0184. The van der Waals surface area contributed by atoms with Gasteiger partial charge in [0.2, 0.25) is 11.9 Å². The molecule has 36 heavy (non-hydrogen) atoms. The summed E-state index contributed by atoms with van der Waals surface area (Å²) in [4.78, 5) is 26.0. The number of nitrogens with zero attached hydrogens (tertiary/aromatic N) is 3. The van der Waals surface area contributed by atoms with E-state index in [0.29, 0.717) is 31.1 Å². The summed E-state index contributed by atoms with van der Waals surface area (Å²) < 4.78 is 5.11. The second-order valence-electron chi connectivity index (χ2n) is 10.0. The standard InChI is InChI=1S/C27H33ClN6O2/c1-16-3-6-19-7-10-23(34-25(19)24(16)28)32-21-8-4-18(5-9-21)11-29-27-30-12-20(13-31-27)17(2)26(35)33-22-14-36-15-22/h3,6-7,10,12-13,17-18,21-22H,4-5,8-9,11,14-15H2,1-2H3,(H,32,34)(H,33,35)(H,29,30,31). The van der Waals surface area contributed by atoms with Crippen LogP contribution >= 0.6 is 11.6 Å². The summed E-state index contributed by atoms with van der Waals surface area (Å²) in [5.41, 5.74) is 2.71. The van der Waals surface area contributed by atoms with E-state index in [4.69, 9.17) is 21.3 Å². The number of hydrogen-bond acceptors (Lipinski definition) is 7. The number of amides is 1. The number of aromatic nitrogens is 3. The molecule has 0 bridgehead atoms. The van der Waals surface area contributed by atoms with Crippen LogP contribution in [-0.4, -0.2) is 52.7 Å². The lowest BCUT2D eigenvalue weighted by atomic mass is 9.86. The number of halogens is 1. The molecule has 1 unspecified atom stereocenters. The summed E-state index contributed by atoms with van der Waals surface area (Å²) in [5.74, 6) is 1.75. The number of nitrogens with one attached hydrogen (secondary N) is 3. The first-order chi connectivity index (χ1) is 17.5. The van der Waals surface area contributed by atoms with Crippen molar-refractivity contribution < 1.29 is 9.53 Å². The highest BCUT2D eigenvalue weighted by atomic mass is 35.5. The smallest absolute Gasteiger partial charge is 0.227 e. The van der Waals surface area contributed by atoms with E-state index in [0.717, 1.165) is 65.1 Å². The number of pyridine rings is 1. The van der Waals surface area contributed by atoms with Crippen LogP contribution in [0, 0.1) is 12.8 Å². The van der Waals surface area contributed by atoms with Crippen LogP contribution in [0.15, 0.2) is 36.7 Å². The monoisotopic (exact) mass is 508 g/mol. The number of rotatable bonds is 8. The molecular formula is C27H33ClN6O2. The lowest BCUT2D eigenvalue weighted by Crippen LogP contribution is -2.49. The third kappa shape index (κ3) is 5.71. The fourth-order valence-electron chi connectivity index (χ4n) is 4.74. The van der Waals surface area contributed by atoms with E-state index in [-0.39, 0.29) is 17.9 Å². The quantitative estimate of drug-likeness (QED) is 0.406. The van der Waals surface area contributed by atoms with Gasteiger partial charge in [0.15, 0.2) is 0 Å². The van der Waals surface area contributed by atoms with Gasteiger partial charge in [0.1, 0.15) is 5.82 Å². The molecule has 190 valence electrons. The van der Waals surface area contributed by atoms with E-state index < -0.39 is 0 Å². The molecule has 8 nitrogen and oxygen atoms in total. The minimum atomic E-state index is -0.292. The summed E-state index contributed by atoms with van der Waals surface area (Å²) in [5, 5.41) is 11.7. The zero-order valence-corrected chi connectivity index (χ0v) is 21.5. The molecule has 3 aromatic rings. The molecule has 0 radical (unpaired) electrons. The molecule has 1 saturated carbocycles. The molecule has 1 saturated heterocycles. The molecule has 1 amide bonds. The molecule has 2 aromatic heterocycles. The summed E-state index contributed by atoms with van der Waals surface area (Å²) in [7, 11) is 0. The van der Waals surface area contributed by atoms with Crippen molar-refractivity contribution in [3.63, 3.8) is 0 Å². The molecule has 2 fully saturated rings. The van der Waals surface area contributed by atoms with Gasteiger partial charge in [0.25, 0.3) is 0 Å². The number of hydrogen-bond donors (Lipinski definition) is 3. The summed E-state index contributed by atoms with van der Waals surface area (Å²) in [6.45, 7) is 5.89. The predicted molar refractivity (Wildman–Crippen MR) is 143 cm³/mol. The van der Waals surface area contributed by atoms with Gasteiger partial charge in [0.05, 0.1) is 35.7 Å². The third-order valence-corrected chi connectivity index (χ3v) is 7.77. The molecular weight excluding hydrogens is 476 g/mol. The van der Waals surface area contributed by atoms with Crippen LogP contribution in [0.2, 0.25) is 5.02 Å². The Labute approximate surface area is 216 Å². The average molecular weight is 509 g/mol. The maximum absolute atomic E-state index is 12.3. The fraction of sp³-hybridized carbons (Fsp3) is 0.481. The first-order valence-corrected chi connectivity index (χ1v) is 13.1. The first-order valence-electron chi connectivity index (χ1n) is 12.7. The van der Waals surface area contributed by atoms with E-state index in [1.165, 1.54) is 0 Å². The number of fused-ring (bicyclic) bond motifs is 1. The summed E-state index contributed by atoms with van der Waals surface area (Å²) in [6.07, 6.45) is 7.90. The number of carbonyl (C=O) groups excluding carboxylic acids is 1. The first kappa shape index (κ1) is 24.7. The molecule has 1 aliphatic carbocycles. The molecule has 3 N–H and O–H groups in total. The van der Waals surface area contributed by atoms with E-state index in [9.17, 15) is 4.79 Å². The van der Waals surface area contributed by atoms with Crippen molar-refractivity contribution in [3.05, 3.63) is 52.8 Å². The third-order valence-electron chi connectivity index (χ3n) is 7.29. The Bertz CT molecular complexity index is 1210. The lowest BCUT2D eigenvalue weighted by Gasteiger charge is -2.29. The fourth-order valence-corrected chi connectivity index (χ4v) is 4.95. The minimum Gasteiger partial charge on any atom is -0.377 e. The van der Waals surface area contributed by atoms with Crippen molar-refractivity contribution in [1.29, 1.82) is 0 Å². The van der Waals surface area contributed by atoms with Crippen LogP contribution in [0.5, 0.6) is 0 Å². The molecule has 1 atom stereocenters. The Morgan fingerprint density at radius 2 is 1.81 bits per heavy atom. The number of anilines is 2. The second-order valence-corrected chi connectivity index (χ2v) is 10.4. The Morgan fingerprint density at radius 3 is 2.50 bits per heavy atom. The zero-order chi connectivity index (χ0) is 25.1. The molecule has 3 heterocycles. The molecule has 1 aliphatic heterocycles. The zero-order valence-electron chi connectivity index (χ0n) is 20.8. The van der Waals surface area contributed by atoms with Gasteiger partial charge in [-0.1, -0.05) is 23.7 Å². The summed E-state index contributed by atoms with van der Waals surface area (Å²) >= 11 is 6.48. The highest BCUT2D eigenvalue weighted by Crippen LogP contribution is 2.29. The van der Waals surface area contributed by atoms with Gasteiger partial charge < -0.3 is 20.7 Å². The normalized spacial score (nSPS) is 21.0. The van der Waals surface area contributed by atoms with Crippen LogP contribution in [-0.2, 0) is 9.53 Å². The maximum atomic E-state index is 12.3. The maximum Gasteiger partial charge on any atom is 0.227 e. The molecule has 1 aromatic carbocycles. The van der Waals surface area contributed by atoms with Crippen molar-refractivity contribution in [1.82, 2.24) is 20.3 Å². The van der Waals surface area contributed by atoms with Crippen LogP contribution in [0.25, 0.3) is 10.9 Å². The Morgan fingerprint density at radius 1 is 1.08 bits per heavy atom. The second kappa shape index (κ2) is 11.0. The van der Waals surface area contributed by atoms with Gasteiger partial charge in [-0.2, -0.15) is 0 Å². The van der Waals surface area contributed by atoms with E-state index in [1.807, 2.05) is 26.0 Å². The predicted octanol–water partition coefficient (Wildman–Crippen LogP) is 4.69. The van der Waals surface area contributed by atoms with Gasteiger partial charge in [-0.05, 0) is 63.1 Å². The van der Waals surface area contributed by atoms with Crippen LogP contribution in [0.4, 0.5) is 11.8 Å². The lowest BCUT2D eigenvalue weighted by molar-refractivity contribution is -0.126. The van der Waals surface area contributed by atoms with Gasteiger partial charge in [-0.3, -0.25) is 4.79 Å². The average Bonchev–Trinajstić information content (AvgIpc) is 2.88. The van der Waals surface area contributed by atoms with E-state index >= 15 is 0 Å². The number of carbonyl (C=O) groups is 1. The van der Waals surface area contributed by atoms with Crippen molar-refractivity contribution in [2.75, 3.05) is 30.4 Å². The highest BCUT2D eigenvalue weighted by Gasteiger charge is 2.25. The van der Waals surface area contributed by atoms with E-state index in [1.54, 1.807) is 12.4 Å². The number of aryl methyl sites for hydroxylation is 1. The Hall–Kier alpha value is -2.97. The largest absolute Gasteiger partial charge is 0.377 e. The molecule has 2 aliphatic rings. The van der Waals surface area contributed by atoms with Crippen molar-refractivity contribution in [3.8, 4) is 0 Å². The topological polar surface area (TPSA) is 101 Å². The molecule has 9 heteroatoms. The van der Waals surface area contributed by atoms with Gasteiger partial charge in [-0.15, -0.1) is 0 Å². The van der Waals surface area contributed by atoms with Crippen LogP contribution < -0.4 is 16.0 Å². The van der Waals surface area contributed by atoms with Crippen molar-refractivity contribution >= 4 is 40.2 Å². The Kier molecular flexibility index (Phi) is 7.53. The van der Waals surface area contributed by atoms with Gasteiger partial charge in [-0.25, -0.2) is 15.0 Å². The van der Waals surface area contributed by atoms with Gasteiger partial charge >= 0.3 is 0 Å². The van der Waals surface area contributed by atoms with Crippen LogP contribution in [0.3, 0.4) is 0 Å². The van der Waals surface area contributed by atoms with Crippen molar-refractivity contribution in [2.45, 2.75) is 57.5 Å². The van der Waals surface area contributed by atoms with Crippen LogP contribution in [0.1, 0.15) is 49.7 Å². The summed E-state index contributed by atoms with van der Waals surface area (Å²) in [6, 6.07) is 8.73. The SMILES string of the molecule is Cc1ccc2ccc(NC3CCC(CNc4ncc(C(C)C(=O)NC5COC5)cn4)CC3)nc2c1Cl. The van der Waals surface area contributed by atoms with Gasteiger partial charge in [0, 0.05) is 35.9 Å². The molecule has 5 rings (SSSR count). The highest BCUT2D eigenvalue weighted by molar-refractivity contribution is 6.35. The number of ether oxygens (including phenoxy) is 1.